The highest BCUT2D eigenvalue weighted by molar-refractivity contribution is 8.02. The molecule has 0 aromatic rings. The van der Waals surface area contributed by atoms with Crippen LogP contribution in [0.1, 0.15) is 6.92 Å². The lowest BCUT2D eigenvalue weighted by atomic mass is 10.2. The lowest BCUT2D eigenvalue weighted by Crippen LogP contribution is -2.12. The van der Waals surface area contributed by atoms with E-state index in [9.17, 15) is 4.79 Å². The zero-order valence-corrected chi connectivity index (χ0v) is 8.50. The van der Waals surface area contributed by atoms with Crippen molar-refractivity contribution >= 4 is 29.5 Å². The molecule has 0 aromatic heterocycles. The minimum absolute atomic E-state index is 0.207. The van der Waals surface area contributed by atoms with Crippen LogP contribution in [0.15, 0.2) is 0 Å². The summed E-state index contributed by atoms with van der Waals surface area (Å²) in [5, 5.41) is 8.52. The Morgan fingerprint density at radius 2 is 2.18 bits per heavy atom. The van der Waals surface area contributed by atoms with Crippen LogP contribution in [0.25, 0.3) is 0 Å². The molecule has 11 heavy (non-hydrogen) atoms. The molecule has 0 bridgehead atoms. The molecule has 2 nitrogen and oxygen atoms in total. The molecule has 1 unspecified atom stereocenters. The van der Waals surface area contributed by atoms with Gasteiger partial charge in [0.15, 0.2) is 0 Å². The molecule has 4 heteroatoms. The van der Waals surface area contributed by atoms with Crippen molar-refractivity contribution in [1.29, 1.82) is 0 Å². The van der Waals surface area contributed by atoms with Crippen LogP contribution >= 0.6 is 23.5 Å². The van der Waals surface area contributed by atoms with E-state index in [1.807, 2.05) is 0 Å². The van der Waals surface area contributed by atoms with Crippen LogP contribution in [-0.4, -0.2) is 34.6 Å². The van der Waals surface area contributed by atoms with Crippen molar-refractivity contribution in [3.05, 3.63) is 0 Å². The van der Waals surface area contributed by atoms with Crippen molar-refractivity contribution in [1.82, 2.24) is 0 Å². The quantitative estimate of drug-likeness (QED) is 0.654. The molecule has 0 rings (SSSR count). The van der Waals surface area contributed by atoms with E-state index in [-0.39, 0.29) is 5.92 Å². The van der Waals surface area contributed by atoms with Crippen molar-refractivity contribution in [3.63, 3.8) is 0 Å². The maximum absolute atomic E-state index is 10.3. The van der Waals surface area contributed by atoms with Crippen LogP contribution < -0.4 is 0 Å². The summed E-state index contributed by atoms with van der Waals surface area (Å²) in [6, 6.07) is 0. The number of thioether (sulfide) groups is 2. The molecule has 66 valence electrons. The molecular weight excluding hydrogens is 180 g/mol. The molecule has 0 fully saturated rings. The molecule has 0 heterocycles. The van der Waals surface area contributed by atoms with Gasteiger partial charge in [-0.3, -0.25) is 4.79 Å². The average molecular weight is 194 g/mol. The van der Waals surface area contributed by atoms with Gasteiger partial charge in [-0.05, 0) is 6.26 Å². The van der Waals surface area contributed by atoms with Crippen LogP contribution in [0.4, 0.5) is 0 Å². The fourth-order valence-electron chi connectivity index (χ4n) is 0.474. The molecule has 0 aromatic carbocycles. The molecule has 0 spiro atoms. The van der Waals surface area contributed by atoms with Crippen LogP contribution in [0, 0.1) is 5.92 Å². The Morgan fingerprint density at radius 1 is 1.55 bits per heavy atom. The second kappa shape index (κ2) is 6.85. The van der Waals surface area contributed by atoms with E-state index in [2.05, 4.69) is 6.26 Å². The van der Waals surface area contributed by atoms with Gasteiger partial charge in [0, 0.05) is 17.3 Å². The number of carbonyl (C=O) groups is 1. The summed E-state index contributed by atoms with van der Waals surface area (Å²) in [5.41, 5.74) is 0. The first kappa shape index (κ1) is 11.2. The Morgan fingerprint density at radius 3 is 2.64 bits per heavy atom. The molecule has 1 atom stereocenters. The zero-order valence-electron chi connectivity index (χ0n) is 6.87. The molecule has 0 radical (unpaired) electrons. The molecule has 0 saturated carbocycles. The standard InChI is InChI=1S/C7H14O2S2/c1-6(7(8)9)5-11-4-3-10-2/h6H,3-5H2,1-2H3,(H,8,9). The maximum Gasteiger partial charge on any atom is 0.307 e. The van der Waals surface area contributed by atoms with Crippen molar-refractivity contribution in [3.8, 4) is 0 Å². The number of hydrogen-bond donors (Lipinski definition) is 1. The van der Waals surface area contributed by atoms with Crippen LogP contribution in [0.3, 0.4) is 0 Å². The van der Waals surface area contributed by atoms with Crippen molar-refractivity contribution in [2.75, 3.05) is 23.5 Å². The van der Waals surface area contributed by atoms with E-state index in [0.29, 0.717) is 0 Å². The van der Waals surface area contributed by atoms with Gasteiger partial charge in [0.05, 0.1) is 5.92 Å². The molecule has 0 aliphatic rings. The number of rotatable bonds is 6. The number of carboxylic acid groups (broad SMARTS) is 1. The maximum atomic E-state index is 10.3. The van der Waals surface area contributed by atoms with E-state index < -0.39 is 5.97 Å². The third kappa shape index (κ3) is 6.56. The topological polar surface area (TPSA) is 37.3 Å². The fourth-order valence-corrected chi connectivity index (χ4v) is 2.27. The van der Waals surface area contributed by atoms with Crippen molar-refractivity contribution < 1.29 is 9.90 Å². The van der Waals surface area contributed by atoms with Gasteiger partial charge < -0.3 is 5.11 Å². The summed E-state index contributed by atoms with van der Waals surface area (Å²) in [7, 11) is 0. The summed E-state index contributed by atoms with van der Waals surface area (Å²) in [5.74, 6) is 1.99. The molecule has 0 aliphatic heterocycles. The third-order valence-electron chi connectivity index (χ3n) is 1.22. The Kier molecular flexibility index (Phi) is 6.96. The average Bonchev–Trinajstić information content (AvgIpc) is 1.97. The van der Waals surface area contributed by atoms with E-state index in [0.717, 1.165) is 17.3 Å². The van der Waals surface area contributed by atoms with Gasteiger partial charge in [0.1, 0.15) is 0 Å². The second-order valence-corrected chi connectivity index (χ2v) is 4.44. The minimum Gasteiger partial charge on any atom is -0.481 e. The van der Waals surface area contributed by atoms with Gasteiger partial charge in [0.25, 0.3) is 0 Å². The normalized spacial score (nSPS) is 12.9. The lowest BCUT2D eigenvalue weighted by molar-refractivity contribution is -0.140. The van der Waals surface area contributed by atoms with Crippen molar-refractivity contribution in [2.24, 2.45) is 5.92 Å². The highest BCUT2D eigenvalue weighted by Gasteiger charge is 2.09. The lowest BCUT2D eigenvalue weighted by Gasteiger charge is -2.03. The van der Waals surface area contributed by atoms with E-state index in [4.69, 9.17) is 5.11 Å². The van der Waals surface area contributed by atoms with Gasteiger partial charge in [0.2, 0.25) is 0 Å². The van der Waals surface area contributed by atoms with Crippen LogP contribution in [0.5, 0.6) is 0 Å². The fraction of sp³-hybridized carbons (Fsp3) is 0.857. The van der Waals surface area contributed by atoms with Gasteiger partial charge >= 0.3 is 5.97 Å². The Labute approximate surface area is 76.1 Å². The molecule has 0 saturated heterocycles. The largest absolute Gasteiger partial charge is 0.481 e. The number of carboxylic acids is 1. The predicted octanol–water partition coefficient (Wildman–Crippen LogP) is 1.80. The minimum atomic E-state index is -0.693. The van der Waals surface area contributed by atoms with Gasteiger partial charge in [-0.15, -0.1) is 0 Å². The van der Waals surface area contributed by atoms with E-state index in [1.54, 1.807) is 30.4 Å². The molecule has 0 amide bonds. The zero-order chi connectivity index (χ0) is 8.69. The molecule has 1 N–H and O–H groups in total. The van der Waals surface area contributed by atoms with Crippen molar-refractivity contribution in [2.45, 2.75) is 6.92 Å². The SMILES string of the molecule is CSCCSCC(C)C(=O)O. The summed E-state index contributed by atoms with van der Waals surface area (Å²) in [6.07, 6.45) is 2.06. The molecule has 0 aliphatic carbocycles. The smallest absolute Gasteiger partial charge is 0.307 e. The predicted molar refractivity (Wildman–Crippen MR) is 52.5 cm³/mol. The highest BCUT2D eigenvalue weighted by Crippen LogP contribution is 2.09. The molecular formula is C7H14O2S2. The second-order valence-electron chi connectivity index (χ2n) is 2.31. The van der Waals surface area contributed by atoms with Gasteiger partial charge in [-0.25, -0.2) is 0 Å². The first-order valence-electron chi connectivity index (χ1n) is 3.48. The first-order valence-corrected chi connectivity index (χ1v) is 6.02. The summed E-state index contributed by atoms with van der Waals surface area (Å²) in [6.45, 7) is 1.74. The Balaban J connectivity index is 3.17. The number of aliphatic carboxylic acids is 1. The van der Waals surface area contributed by atoms with E-state index in [1.165, 1.54) is 0 Å². The van der Waals surface area contributed by atoms with Crippen LogP contribution in [0.2, 0.25) is 0 Å². The van der Waals surface area contributed by atoms with E-state index >= 15 is 0 Å². The Hall–Kier alpha value is 0.170. The van der Waals surface area contributed by atoms with Crippen LogP contribution in [-0.2, 0) is 4.79 Å². The third-order valence-corrected chi connectivity index (χ3v) is 3.32. The van der Waals surface area contributed by atoms with Gasteiger partial charge in [-0.1, -0.05) is 6.92 Å². The number of hydrogen-bond acceptors (Lipinski definition) is 3. The summed E-state index contributed by atoms with van der Waals surface area (Å²) < 4.78 is 0. The Bertz CT molecular complexity index is 117. The summed E-state index contributed by atoms with van der Waals surface area (Å²) >= 11 is 3.51. The summed E-state index contributed by atoms with van der Waals surface area (Å²) in [4.78, 5) is 10.3. The van der Waals surface area contributed by atoms with Gasteiger partial charge in [-0.2, -0.15) is 23.5 Å². The monoisotopic (exact) mass is 194 g/mol. The first-order chi connectivity index (χ1) is 5.18. The highest BCUT2D eigenvalue weighted by atomic mass is 32.2.